The van der Waals surface area contributed by atoms with Crippen LogP contribution in [0.2, 0.25) is 0 Å². The summed E-state index contributed by atoms with van der Waals surface area (Å²) in [5.74, 6) is 0. The van der Waals surface area contributed by atoms with Crippen LogP contribution in [0.5, 0.6) is 0 Å². The molecular formula is C21H26N2O4S. The van der Waals surface area contributed by atoms with Gasteiger partial charge in [-0.2, -0.15) is 0 Å². The molecule has 150 valence electrons. The van der Waals surface area contributed by atoms with Crippen LogP contribution < -0.4 is 10.6 Å². The zero-order valence-electron chi connectivity index (χ0n) is 16.3. The lowest BCUT2D eigenvalue weighted by Gasteiger charge is -2.35. The summed E-state index contributed by atoms with van der Waals surface area (Å²) in [7, 11) is -3.87. The minimum absolute atomic E-state index is 0.191. The monoisotopic (exact) mass is 402 g/mol. The summed E-state index contributed by atoms with van der Waals surface area (Å²) in [6.45, 7) is 5.93. The maximum Gasteiger partial charge on any atom is 0.408 e. The molecule has 6 nitrogen and oxygen atoms in total. The van der Waals surface area contributed by atoms with E-state index in [0.717, 1.165) is 5.56 Å². The van der Waals surface area contributed by atoms with Crippen LogP contribution in [0.15, 0.2) is 59.5 Å². The Morgan fingerprint density at radius 3 is 2.29 bits per heavy atom. The minimum atomic E-state index is -3.87. The van der Waals surface area contributed by atoms with Crippen LogP contribution in [-0.2, 0) is 14.6 Å². The first-order valence-electron chi connectivity index (χ1n) is 9.30. The lowest BCUT2D eigenvalue weighted by molar-refractivity contribution is 0.0505. The van der Waals surface area contributed by atoms with Gasteiger partial charge in [-0.3, -0.25) is 0 Å². The fourth-order valence-electron chi connectivity index (χ4n) is 3.10. The highest BCUT2D eigenvalue weighted by Gasteiger charge is 2.40. The molecular weight excluding hydrogens is 376 g/mol. The lowest BCUT2D eigenvalue weighted by atomic mass is 10.1. The third-order valence-electron chi connectivity index (χ3n) is 4.50. The molecule has 1 aliphatic rings. The Morgan fingerprint density at radius 2 is 1.71 bits per heavy atom. The lowest BCUT2D eigenvalue weighted by Crippen LogP contribution is -2.60. The Morgan fingerprint density at radius 1 is 1.11 bits per heavy atom. The normalized spacial score (nSPS) is 18.0. The van der Waals surface area contributed by atoms with E-state index < -0.39 is 26.9 Å². The molecule has 2 aromatic rings. The van der Waals surface area contributed by atoms with Gasteiger partial charge < -0.3 is 15.4 Å². The molecule has 1 fully saturated rings. The molecule has 1 amide bonds. The summed E-state index contributed by atoms with van der Waals surface area (Å²) in [5.41, 5.74) is 0.700. The van der Waals surface area contributed by atoms with E-state index in [2.05, 4.69) is 10.6 Å². The van der Waals surface area contributed by atoms with Crippen molar-refractivity contribution < 1.29 is 17.9 Å². The molecule has 0 spiro atoms. The average Bonchev–Trinajstić information content (AvgIpc) is 2.59. The van der Waals surface area contributed by atoms with Crippen LogP contribution in [0.3, 0.4) is 0 Å². The van der Waals surface area contributed by atoms with Crippen molar-refractivity contribution in [3.05, 3.63) is 54.6 Å². The number of sulfone groups is 1. The SMILES string of the molecule is CC(C)(C)OC(=O)N[C@@H](C1CCN1)S(=O)(=O)c1ccccc1-c1ccccc1. The van der Waals surface area contributed by atoms with E-state index in [0.29, 0.717) is 18.5 Å². The molecule has 1 unspecified atom stereocenters. The highest BCUT2D eigenvalue weighted by molar-refractivity contribution is 7.92. The molecule has 2 atom stereocenters. The summed E-state index contributed by atoms with van der Waals surface area (Å²) in [6.07, 6.45) is -0.0836. The van der Waals surface area contributed by atoms with Gasteiger partial charge in [-0.05, 0) is 45.4 Å². The molecule has 1 heterocycles. The number of hydrogen-bond donors (Lipinski definition) is 2. The number of benzene rings is 2. The van der Waals surface area contributed by atoms with E-state index >= 15 is 0 Å². The van der Waals surface area contributed by atoms with E-state index in [1.807, 2.05) is 30.3 Å². The molecule has 3 rings (SSSR count). The van der Waals surface area contributed by atoms with E-state index in [1.165, 1.54) is 0 Å². The molecule has 0 saturated carbocycles. The second-order valence-electron chi connectivity index (χ2n) is 7.82. The number of carbonyl (C=O) groups is 1. The van der Waals surface area contributed by atoms with Crippen molar-refractivity contribution in [1.82, 2.24) is 10.6 Å². The van der Waals surface area contributed by atoms with Crippen molar-refractivity contribution in [2.75, 3.05) is 6.54 Å². The Hall–Kier alpha value is -2.38. The quantitative estimate of drug-likeness (QED) is 0.801. The van der Waals surface area contributed by atoms with Gasteiger partial charge in [-0.25, -0.2) is 13.2 Å². The first kappa shape index (κ1) is 20.4. The van der Waals surface area contributed by atoms with Gasteiger partial charge in [0, 0.05) is 11.6 Å². The van der Waals surface area contributed by atoms with Crippen LogP contribution in [0, 0.1) is 0 Å². The molecule has 1 saturated heterocycles. The highest BCUT2D eigenvalue weighted by atomic mass is 32.2. The van der Waals surface area contributed by atoms with E-state index in [4.69, 9.17) is 4.74 Å². The number of carbonyl (C=O) groups excluding carboxylic acids is 1. The van der Waals surface area contributed by atoms with Gasteiger partial charge in [0.15, 0.2) is 5.37 Å². The molecule has 7 heteroatoms. The van der Waals surface area contributed by atoms with Gasteiger partial charge in [0.25, 0.3) is 0 Å². The van der Waals surface area contributed by atoms with Crippen LogP contribution in [0.1, 0.15) is 27.2 Å². The maximum atomic E-state index is 13.6. The van der Waals surface area contributed by atoms with Crippen LogP contribution in [0.25, 0.3) is 11.1 Å². The fourth-order valence-corrected chi connectivity index (χ4v) is 5.05. The average molecular weight is 403 g/mol. The summed E-state index contributed by atoms with van der Waals surface area (Å²) in [5, 5.41) is 4.57. The Labute approximate surface area is 166 Å². The van der Waals surface area contributed by atoms with Crippen LogP contribution >= 0.6 is 0 Å². The summed E-state index contributed by atoms with van der Waals surface area (Å²) in [4.78, 5) is 12.5. The topological polar surface area (TPSA) is 84.5 Å². The number of ether oxygens (including phenoxy) is 1. The van der Waals surface area contributed by atoms with Crippen LogP contribution in [-0.4, -0.2) is 38.1 Å². The highest BCUT2D eigenvalue weighted by Crippen LogP contribution is 2.31. The van der Waals surface area contributed by atoms with Gasteiger partial charge in [-0.15, -0.1) is 0 Å². The number of nitrogens with one attached hydrogen (secondary N) is 2. The van der Waals surface area contributed by atoms with Crippen molar-refractivity contribution in [3.8, 4) is 11.1 Å². The predicted molar refractivity (Wildman–Crippen MR) is 109 cm³/mol. The van der Waals surface area contributed by atoms with Gasteiger partial charge in [0.1, 0.15) is 5.60 Å². The van der Waals surface area contributed by atoms with Gasteiger partial charge in [-0.1, -0.05) is 48.5 Å². The summed E-state index contributed by atoms with van der Waals surface area (Å²) >= 11 is 0. The van der Waals surface area contributed by atoms with E-state index in [9.17, 15) is 13.2 Å². The maximum absolute atomic E-state index is 13.6. The van der Waals surface area contributed by atoms with E-state index in [-0.39, 0.29) is 10.9 Å². The van der Waals surface area contributed by atoms with Crippen molar-refractivity contribution in [2.45, 2.75) is 49.1 Å². The van der Waals surface area contributed by atoms with Crippen molar-refractivity contribution >= 4 is 15.9 Å². The standard InChI is InChI=1S/C21H26N2O4S/c1-21(2,3)27-20(24)23-19(17-13-14-22-17)28(25,26)18-12-8-7-11-16(18)15-9-5-4-6-10-15/h4-12,17,19,22H,13-14H2,1-3H3,(H,23,24)/t17?,19-/m1/s1. The Kier molecular flexibility index (Phi) is 5.76. The summed E-state index contributed by atoms with van der Waals surface area (Å²) < 4.78 is 32.4. The van der Waals surface area contributed by atoms with Gasteiger partial charge in [0.2, 0.25) is 9.84 Å². The van der Waals surface area contributed by atoms with Crippen molar-refractivity contribution in [1.29, 1.82) is 0 Å². The zero-order valence-corrected chi connectivity index (χ0v) is 17.1. The number of rotatable bonds is 5. The zero-order chi connectivity index (χ0) is 20.4. The number of alkyl carbamates (subject to hydrolysis) is 1. The molecule has 1 aliphatic heterocycles. The van der Waals surface area contributed by atoms with Gasteiger partial charge >= 0.3 is 6.09 Å². The van der Waals surface area contributed by atoms with Crippen molar-refractivity contribution in [2.24, 2.45) is 0 Å². The summed E-state index contributed by atoms with van der Waals surface area (Å²) in [6, 6.07) is 15.8. The molecule has 28 heavy (non-hydrogen) atoms. The Balaban J connectivity index is 1.98. The molecule has 0 bridgehead atoms. The second-order valence-corrected chi connectivity index (χ2v) is 9.86. The number of amides is 1. The largest absolute Gasteiger partial charge is 0.444 e. The first-order valence-corrected chi connectivity index (χ1v) is 10.8. The number of hydrogen-bond acceptors (Lipinski definition) is 5. The van der Waals surface area contributed by atoms with Gasteiger partial charge in [0.05, 0.1) is 4.90 Å². The third-order valence-corrected chi connectivity index (χ3v) is 6.58. The molecule has 0 aromatic heterocycles. The Bertz CT molecular complexity index is 932. The molecule has 2 aromatic carbocycles. The predicted octanol–water partition coefficient (Wildman–Crippen LogP) is 3.34. The second kappa shape index (κ2) is 7.93. The molecule has 0 aliphatic carbocycles. The van der Waals surface area contributed by atoms with E-state index in [1.54, 1.807) is 45.0 Å². The minimum Gasteiger partial charge on any atom is -0.444 e. The molecule has 0 radical (unpaired) electrons. The van der Waals surface area contributed by atoms with Crippen molar-refractivity contribution in [3.63, 3.8) is 0 Å². The smallest absolute Gasteiger partial charge is 0.408 e. The fraction of sp³-hybridized carbons (Fsp3) is 0.381. The molecule has 2 N–H and O–H groups in total. The third kappa shape index (κ3) is 4.54. The van der Waals surface area contributed by atoms with Crippen LogP contribution in [0.4, 0.5) is 4.79 Å². The first-order chi connectivity index (χ1) is 13.2.